The molecule has 0 saturated heterocycles. The minimum absolute atomic E-state index is 0.108. The molecule has 0 bridgehead atoms. The Bertz CT molecular complexity index is 717. The molecule has 7 nitrogen and oxygen atoms in total. The van der Waals surface area contributed by atoms with Gasteiger partial charge >= 0.3 is 5.97 Å². The van der Waals surface area contributed by atoms with Gasteiger partial charge in [0.2, 0.25) is 0 Å². The van der Waals surface area contributed by atoms with Crippen LogP contribution in [0.25, 0.3) is 0 Å². The average molecular weight is 311 g/mol. The highest BCUT2D eigenvalue weighted by Crippen LogP contribution is 2.35. The van der Waals surface area contributed by atoms with Crippen molar-refractivity contribution in [2.75, 3.05) is 7.11 Å². The van der Waals surface area contributed by atoms with E-state index in [1.165, 1.54) is 6.20 Å². The highest BCUT2D eigenvalue weighted by atomic mass is 32.2. The lowest BCUT2D eigenvalue weighted by atomic mass is 10.2. The van der Waals surface area contributed by atoms with Gasteiger partial charge < -0.3 is 9.30 Å². The first-order valence-corrected chi connectivity index (χ1v) is 6.47. The number of esters is 1. The fraction of sp³-hybridized carbons (Fsp3) is 0.167. The summed E-state index contributed by atoms with van der Waals surface area (Å²) in [6.07, 6.45) is 3.19. The molecule has 0 aliphatic rings. The van der Waals surface area contributed by atoms with Gasteiger partial charge in [0.25, 0.3) is 5.69 Å². The van der Waals surface area contributed by atoms with Crippen molar-refractivity contribution in [1.82, 2.24) is 9.55 Å². The number of nitro groups is 1. The van der Waals surface area contributed by atoms with Crippen molar-refractivity contribution in [2.45, 2.75) is 10.1 Å². The van der Waals surface area contributed by atoms with Crippen molar-refractivity contribution in [3.05, 3.63) is 46.0 Å². The summed E-state index contributed by atoms with van der Waals surface area (Å²) < 4.78 is 19.9. The average Bonchev–Trinajstić information content (AvgIpc) is 2.84. The Morgan fingerprint density at radius 1 is 1.52 bits per heavy atom. The Morgan fingerprint density at radius 3 is 2.76 bits per heavy atom. The second-order valence-corrected chi connectivity index (χ2v) is 4.98. The fourth-order valence-corrected chi connectivity index (χ4v) is 2.51. The molecule has 0 aliphatic heterocycles. The molecule has 0 fully saturated rings. The Labute approximate surface area is 122 Å². The molecule has 9 heteroatoms. The van der Waals surface area contributed by atoms with Gasteiger partial charge in [-0.1, -0.05) is 0 Å². The van der Waals surface area contributed by atoms with E-state index in [9.17, 15) is 19.3 Å². The van der Waals surface area contributed by atoms with E-state index in [4.69, 9.17) is 0 Å². The van der Waals surface area contributed by atoms with Gasteiger partial charge in [-0.25, -0.2) is 14.2 Å². The smallest absolute Gasteiger partial charge is 0.340 e. The summed E-state index contributed by atoms with van der Waals surface area (Å²) in [5, 5.41) is 11.5. The number of nitro benzene ring substituents is 1. The van der Waals surface area contributed by atoms with Crippen molar-refractivity contribution >= 4 is 23.4 Å². The van der Waals surface area contributed by atoms with Gasteiger partial charge in [0.05, 0.1) is 28.6 Å². The SMILES string of the molecule is COC(=O)c1cc(Sc2nccn2C)c([N+](=O)[O-])cc1F. The molecule has 0 aliphatic carbocycles. The third-order valence-electron chi connectivity index (χ3n) is 2.63. The highest BCUT2D eigenvalue weighted by Gasteiger charge is 2.23. The van der Waals surface area contributed by atoms with Crippen LogP contribution in [-0.4, -0.2) is 27.6 Å². The van der Waals surface area contributed by atoms with E-state index in [2.05, 4.69) is 9.72 Å². The molecule has 21 heavy (non-hydrogen) atoms. The number of hydrogen-bond acceptors (Lipinski definition) is 6. The van der Waals surface area contributed by atoms with E-state index < -0.39 is 22.4 Å². The maximum Gasteiger partial charge on any atom is 0.340 e. The molecule has 1 aromatic carbocycles. The van der Waals surface area contributed by atoms with E-state index in [0.717, 1.165) is 24.9 Å². The second kappa shape index (κ2) is 5.92. The first-order chi connectivity index (χ1) is 9.93. The zero-order valence-corrected chi connectivity index (χ0v) is 11.9. The molecule has 0 radical (unpaired) electrons. The van der Waals surface area contributed by atoms with Gasteiger partial charge in [-0.05, 0) is 17.8 Å². The van der Waals surface area contributed by atoms with E-state index in [-0.39, 0.29) is 10.5 Å². The number of aromatic nitrogens is 2. The molecule has 1 heterocycles. The first kappa shape index (κ1) is 15.0. The number of carbonyl (C=O) groups excluding carboxylic acids is 1. The number of nitrogens with zero attached hydrogens (tertiary/aromatic N) is 3. The maximum atomic E-state index is 13.8. The molecule has 0 N–H and O–H groups in total. The minimum Gasteiger partial charge on any atom is -0.465 e. The van der Waals surface area contributed by atoms with Crippen LogP contribution in [0.4, 0.5) is 10.1 Å². The molecule has 1 aromatic heterocycles. The van der Waals surface area contributed by atoms with Gasteiger partial charge in [-0.3, -0.25) is 10.1 Å². The number of rotatable bonds is 4. The van der Waals surface area contributed by atoms with Crippen LogP contribution in [0.1, 0.15) is 10.4 Å². The van der Waals surface area contributed by atoms with Crippen molar-refractivity contribution in [3.63, 3.8) is 0 Å². The molecule has 2 aromatic rings. The van der Waals surface area contributed by atoms with Crippen LogP contribution in [0, 0.1) is 15.9 Å². The zero-order valence-electron chi connectivity index (χ0n) is 11.1. The predicted molar refractivity (Wildman–Crippen MR) is 71.7 cm³/mol. The molecule has 0 unspecified atom stereocenters. The van der Waals surface area contributed by atoms with E-state index >= 15 is 0 Å². The third-order valence-corrected chi connectivity index (χ3v) is 3.75. The van der Waals surface area contributed by atoms with Gasteiger partial charge in [-0.2, -0.15) is 0 Å². The van der Waals surface area contributed by atoms with Crippen LogP contribution < -0.4 is 0 Å². The lowest BCUT2D eigenvalue weighted by molar-refractivity contribution is -0.387. The van der Waals surface area contributed by atoms with Crippen LogP contribution in [0.5, 0.6) is 0 Å². The molecule has 0 spiro atoms. The molecule has 2 rings (SSSR count). The second-order valence-electron chi connectivity index (χ2n) is 3.97. The van der Waals surface area contributed by atoms with Crippen LogP contribution in [0.3, 0.4) is 0 Å². The number of aryl methyl sites for hydroxylation is 1. The number of benzene rings is 1. The largest absolute Gasteiger partial charge is 0.465 e. The number of ether oxygens (including phenoxy) is 1. The van der Waals surface area contributed by atoms with E-state index in [1.54, 1.807) is 17.8 Å². The lowest BCUT2D eigenvalue weighted by Gasteiger charge is -2.06. The summed E-state index contributed by atoms with van der Waals surface area (Å²) in [5.74, 6) is -1.90. The minimum atomic E-state index is -1.00. The summed E-state index contributed by atoms with van der Waals surface area (Å²) in [7, 11) is 2.82. The Balaban J connectivity index is 2.53. The number of halogens is 1. The Kier molecular flexibility index (Phi) is 4.22. The van der Waals surface area contributed by atoms with E-state index in [0.29, 0.717) is 11.2 Å². The van der Waals surface area contributed by atoms with Crippen LogP contribution >= 0.6 is 11.8 Å². The molecule has 110 valence electrons. The molecule has 0 atom stereocenters. The van der Waals surface area contributed by atoms with Crippen molar-refractivity contribution in [3.8, 4) is 0 Å². The van der Waals surface area contributed by atoms with Gasteiger partial charge in [-0.15, -0.1) is 0 Å². The van der Waals surface area contributed by atoms with Crippen LogP contribution in [0.15, 0.2) is 34.6 Å². The highest BCUT2D eigenvalue weighted by molar-refractivity contribution is 7.99. The quantitative estimate of drug-likeness (QED) is 0.489. The number of imidazole rings is 1. The summed E-state index contributed by atoms with van der Waals surface area (Å²) in [6.45, 7) is 0. The first-order valence-electron chi connectivity index (χ1n) is 5.65. The Hall–Kier alpha value is -2.42. The Morgan fingerprint density at radius 2 is 2.24 bits per heavy atom. The third kappa shape index (κ3) is 3.02. The summed E-state index contributed by atoms with van der Waals surface area (Å²) in [6, 6.07) is 1.80. The monoisotopic (exact) mass is 311 g/mol. The molecular weight excluding hydrogens is 301 g/mol. The zero-order chi connectivity index (χ0) is 15.6. The molecular formula is C12H10FN3O4S. The van der Waals surface area contributed by atoms with Crippen molar-refractivity contribution < 1.29 is 18.8 Å². The number of carbonyl (C=O) groups is 1. The van der Waals surface area contributed by atoms with Gasteiger partial charge in [0.15, 0.2) is 5.16 Å². The lowest BCUT2D eigenvalue weighted by Crippen LogP contribution is -2.06. The van der Waals surface area contributed by atoms with E-state index in [1.807, 2.05) is 0 Å². The predicted octanol–water partition coefficient (Wildman–Crippen LogP) is 2.41. The fourth-order valence-electron chi connectivity index (χ4n) is 1.58. The van der Waals surface area contributed by atoms with Crippen molar-refractivity contribution in [2.24, 2.45) is 7.05 Å². The number of hydrogen-bond donors (Lipinski definition) is 0. The molecule has 0 amide bonds. The molecule has 0 saturated carbocycles. The summed E-state index contributed by atoms with van der Waals surface area (Å²) in [4.78, 5) is 25.9. The van der Waals surface area contributed by atoms with Crippen LogP contribution in [-0.2, 0) is 11.8 Å². The summed E-state index contributed by atoms with van der Waals surface area (Å²) >= 11 is 0.962. The normalized spacial score (nSPS) is 10.4. The van der Waals surface area contributed by atoms with Gasteiger partial charge in [0.1, 0.15) is 5.82 Å². The van der Waals surface area contributed by atoms with Crippen molar-refractivity contribution in [1.29, 1.82) is 0 Å². The standard InChI is InChI=1S/C12H10FN3O4S/c1-15-4-3-14-12(15)21-10-5-7(11(17)20-2)8(13)6-9(10)16(18)19/h3-6H,1-2H3. The van der Waals surface area contributed by atoms with Gasteiger partial charge in [0, 0.05) is 19.4 Å². The topological polar surface area (TPSA) is 87.3 Å². The maximum absolute atomic E-state index is 13.8. The van der Waals surface area contributed by atoms with Crippen LogP contribution in [0.2, 0.25) is 0 Å². The summed E-state index contributed by atoms with van der Waals surface area (Å²) in [5.41, 5.74) is -0.798. The number of methoxy groups -OCH3 is 1.